The van der Waals surface area contributed by atoms with E-state index >= 15 is 0 Å². The quantitative estimate of drug-likeness (QED) is 0.556. The number of aliphatic hydroxyl groups is 1. The van der Waals surface area contributed by atoms with E-state index in [0.717, 1.165) is 25.9 Å². The van der Waals surface area contributed by atoms with Crippen LogP contribution in [0, 0.1) is 0 Å². The summed E-state index contributed by atoms with van der Waals surface area (Å²) in [6, 6.07) is 30.6. The lowest BCUT2D eigenvalue weighted by Gasteiger charge is -2.44. The number of fused-ring (bicyclic) bond motifs is 1. The maximum absolute atomic E-state index is 11.2. The molecule has 3 aromatic carbocycles. The zero-order valence-corrected chi connectivity index (χ0v) is 21.7. The Bertz CT molecular complexity index is 1060. The molecule has 1 aliphatic carbocycles. The lowest BCUT2D eigenvalue weighted by molar-refractivity contribution is 0.0625. The highest BCUT2D eigenvalue weighted by molar-refractivity contribution is 6.99. The van der Waals surface area contributed by atoms with Crippen LogP contribution in [0.1, 0.15) is 44.7 Å². The average Bonchev–Trinajstić information content (AvgIpc) is 3.22. The van der Waals surface area contributed by atoms with Gasteiger partial charge in [-0.3, -0.25) is 4.90 Å². The zero-order chi connectivity index (χ0) is 23.8. The fourth-order valence-corrected chi connectivity index (χ4v) is 10.9. The molecule has 3 atom stereocenters. The summed E-state index contributed by atoms with van der Waals surface area (Å²) >= 11 is 0. The first-order valence-corrected chi connectivity index (χ1v) is 14.6. The molecule has 0 spiro atoms. The lowest BCUT2D eigenvalue weighted by Crippen LogP contribution is -2.67. The van der Waals surface area contributed by atoms with Crippen LogP contribution in [0.5, 0.6) is 0 Å². The van der Waals surface area contributed by atoms with Gasteiger partial charge in [0.25, 0.3) is 8.32 Å². The van der Waals surface area contributed by atoms with E-state index in [4.69, 9.17) is 4.43 Å². The Hall–Kier alpha value is -2.24. The molecule has 1 fully saturated rings. The third-order valence-electron chi connectivity index (χ3n) is 7.84. The fraction of sp³-hybridized carbons (Fsp3) is 0.400. The number of aliphatic hydroxyl groups excluding tert-OH is 1. The van der Waals surface area contributed by atoms with Crippen molar-refractivity contribution in [3.63, 3.8) is 0 Å². The monoisotopic (exact) mass is 471 g/mol. The minimum atomic E-state index is -2.61. The van der Waals surface area contributed by atoms with Gasteiger partial charge in [-0.15, -0.1) is 0 Å². The number of nitrogens with zero attached hydrogens (tertiary/aromatic N) is 1. The van der Waals surface area contributed by atoms with Crippen LogP contribution in [-0.2, 0) is 17.4 Å². The van der Waals surface area contributed by atoms with Crippen molar-refractivity contribution in [3.8, 4) is 0 Å². The van der Waals surface area contributed by atoms with Gasteiger partial charge in [-0.25, -0.2) is 0 Å². The molecule has 1 N–H and O–H groups in total. The van der Waals surface area contributed by atoms with Crippen molar-refractivity contribution in [1.82, 2.24) is 4.90 Å². The van der Waals surface area contributed by atoms with Crippen molar-refractivity contribution in [2.45, 2.75) is 69.9 Å². The lowest BCUT2D eigenvalue weighted by atomic mass is 9.98. The van der Waals surface area contributed by atoms with Gasteiger partial charge in [-0.1, -0.05) is 106 Å². The first-order chi connectivity index (χ1) is 16.4. The summed E-state index contributed by atoms with van der Waals surface area (Å²) in [5.41, 5.74) is 2.85. The molecule has 1 unspecified atom stereocenters. The Morgan fingerprint density at radius 2 is 1.35 bits per heavy atom. The van der Waals surface area contributed by atoms with Crippen LogP contribution in [-0.4, -0.2) is 43.1 Å². The molecule has 1 heterocycles. The second-order valence-electron chi connectivity index (χ2n) is 11.0. The number of hydrogen-bond donors (Lipinski definition) is 1. The molecule has 0 radical (unpaired) electrons. The predicted molar refractivity (Wildman–Crippen MR) is 142 cm³/mol. The van der Waals surface area contributed by atoms with E-state index in [9.17, 15) is 5.11 Å². The van der Waals surface area contributed by atoms with Gasteiger partial charge >= 0.3 is 0 Å². The van der Waals surface area contributed by atoms with Crippen LogP contribution in [0.25, 0.3) is 0 Å². The highest BCUT2D eigenvalue weighted by Gasteiger charge is 2.53. The molecule has 4 heteroatoms. The van der Waals surface area contributed by atoms with Crippen LogP contribution in [0.4, 0.5) is 0 Å². The molecule has 3 aromatic rings. The van der Waals surface area contributed by atoms with Crippen LogP contribution in [0.3, 0.4) is 0 Å². The Morgan fingerprint density at radius 3 is 1.94 bits per heavy atom. The molecule has 1 saturated carbocycles. The van der Waals surface area contributed by atoms with Crippen LogP contribution < -0.4 is 10.4 Å². The molecule has 34 heavy (non-hydrogen) atoms. The first kappa shape index (κ1) is 23.5. The number of benzene rings is 3. The van der Waals surface area contributed by atoms with Crippen molar-refractivity contribution in [2.75, 3.05) is 6.54 Å². The Morgan fingerprint density at radius 1 is 0.794 bits per heavy atom. The van der Waals surface area contributed by atoms with E-state index in [-0.39, 0.29) is 23.3 Å². The van der Waals surface area contributed by atoms with E-state index in [2.05, 4.69) is 111 Å². The zero-order valence-electron chi connectivity index (χ0n) is 20.7. The Labute approximate surface area is 205 Å². The summed E-state index contributed by atoms with van der Waals surface area (Å²) in [5.74, 6) is 0. The third kappa shape index (κ3) is 4.29. The number of rotatable bonds is 5. The molecular formula is C30H37NO2Si. The summed E-state index contributed by atoms with van der Waals surface area (Å²) in [5, 5.41) is 13.7. The van der Waals surface area contributed by atoms with Gasteiger partial charge in [0.05, 0.1) is 6.10 Å². The van der Waals surface area contributed by atoms with Crippen molar-refractivity contribution >= 4 is 18.7 Å². The van der Waals surface area contributed by atoms with Crippen LogP contribution in [0.15, 0.2) is 84.9 Å². The van der Waals surface area contributed by atoms with Gasteiger partial charge in [0.2, 0.25) is 0 Å². The standard InChI is InChI=1S/C30H37NO2Si/c1-30(2,3)34(26-14-6-4-7-15-26,27-16-8-5-9-17-27)33-25-20-28(29(32)21-25)31-19-18-23-12-10-11-13-24(23)22-31/h4-17,25,28-29,32H,18-22H2,1-3H3/t25-,28?,29+/m1/s1. The highest BCUT2D eigenvalue weighted by atomic mass is 28.4. The maximum Gasteiger partial charge on any atom is 0.261 e. The number of hydrogen-bond acceptors (Lipinski definition) is 3. The smallest absolute Gasteiger partial charge is 0.261 e. The average molecular weight is 472 g/mol. The van der Waals surface area contributed by atoms with Gasteiger partial charge in [-0.05, 0) is 45.8 Å². The molecule has 178 valence electrons. The van der Waals surface area contributed by atoms with Gasteiger partial charge in [-0.2, -0.15) is 0 Å². The molecule has 0 amide bonds. The summed E-state index contributed by atoms with van der Waals surface area (Å²) in [4.78, 5) is 2.49. The minimum Gasteiger partial charge on any atom is -0.404 e. The van der Waals surface area contributed by atoms with Crippen LogP contribution in [0.2, 0.25) is 5.04 Å². The van der Waals surface area contributed by atoms with E-state index in [0.29, 0.717) is 6.42 Å². The van der Waals surface area contributed by atoms with E-state index in [1.54, 1.807) is 0 Å². The predicted octanol–water partition coefficient (Wildman–Crippen LogP) is 4.51. The summed E-state index contributed by atoms with van der Waals surface area (Å²) in [6.07, 6.45) is 2.33. The second-order valence-corrected chi connectivity index (χ2v) is 15.3. The summed E-state index contributed by atoms with van der Waals surface area (Å²) < 4.78 is 7.35. The summed E-state index contributed by atoms with van der Waals surface area (Å²) in [6.45, 7) is 8.89. The normalized spacial score (nSPS) is 23.6. The highest BCUT2D eigenvalue weighted by Crippen LogP contribution is 2.40. The molecule has 0 saturated heterocycles. The summed E-state index contributed by atoms with van der Waals surface area (Å²) in [7, 11) is -2.61. The molecule has 1 aliphatic heterocycles. The fourth-order valence-electron chi connectivity index (χ4n) is 6.18. The second kappa shape index (κ2) is 9.42. The van der Waals surface area contributed by atoms with Gasteiger partial charge in [0.15, 0.2) is 0 Å². The van der Waals surface area contributed by atoms with Gasteiger partial charge in [0, 0.05) is 25.2 Å². The minimum absolute atomic E-state index is 0.0449. The largest absolute Gasteiger partial charge is 0.404 e. The Kier molecular flexibility index (Phi) is 6.51. The third-order valence-corrected chi connectivity index (χ3v) is 12.9. The maximum atomic E-state index is 11.2. The molecule has 5 rings (SSSR count). The molecule has 0 bridgehead atoms. The Balaban J connectivity index is 1.45. The van der Waals surface area contributed by atoms with Gasteiger partial charge < -0.3 is 9.53 Å². The van der Waals surface area contributed by atoms with Crippen molar-refractivity contribution in [1.29, 1.82) is 0 Å². The topological polar surface area (TPSA) is 32.7 Å². The van der Waals surface area contributed by atoms with Crippen LogP contribution >= 0.6 is 0 Å². The molecule has 0 aromatic heterocycles. The first-order valence-electron chi connectivity index (χ1n) is 12.7. The van der Waals surface area contributed by atoms with Crippen molar-refractivity contribution in [2.24, 2.45) is 0 Å². The van der Waals surface area contributed by atoms with E-state index in [1.807, 2.05) is 0 Å². The van der Waals surface area contributed by atoms with Crippen molar-refractivity contribution in [3.05, 3.63) is 96.1 Å². The van der Waals surface area contributed by atoms with Gasteiger partial charge in [0.1, 0.15) is 0 Å². The van der Waals surface area contributed by atoms with Crippen molar-refractivity contribution < 1.29 is 9.53 Å². The SMILES string of the molecule is CC(C)(C)[Si](O[C@@H]1CC(N2CCc3ccccc3C2)[C@@H](O)C1)(c1ccccc1)c1ccccc1. The molecule has 2 aliphatic rings. The van der Waals surface area contributed by atoms with E-state index < -0.39 is 8.32 Å². The molecular weight excluding hydrogens is 434 g/mol. The van der Waals surface area contributed by atoms with E-state index in [1.165, 1.54) is 21.5 Å². The molecule has 3 nitrogen and oxygen atoms in total.